The Morgan fingerprint density at radius 2 is 1.86 bits per heavy atom. The summed E-state index contributed by atoms with van der Waals surface area (Å²) in [5.74, 6) is -1.81. The minimum absolute atomic E-state index is 0.195. The summed E-state index contributed by atoms with van der Waals surface area (Å²) in [6.07, 6.45) is 0.820. The number of para-hydroxylation sites is 1. The monoisotopic (exact) mass is 414 g/mol. The number of oxime groups is 1. The number of thiophene rings is 1. The maximum Gasteiger partial charge on any atom is 0.266 e. The molecular formula is C22H20F2N2O2S. The van der Waals surface area contributed by atoms with E-state index in [1.165, 1.54) is 23.5 Å². The molecule has 1 amide bonds. The molecule has 1 aromatic heterocycles. The third kappa shape index (κ3) is 4.86. The predicted molar refractivity (Wildman–Crippen MR) is 113 cm³/mol. The van der Waals surface area contributed by atoms with E-state index in [0.717, 1.165) is 11.8 Å². The van der Waals surface area contributed by atoms with Crippen molar-refractivity contribution in [1.29, 1.82) is 0 Å². The van der Waals surface area contributed by atoms with Gasteiger partial charge in [-0.3, -0.25) is 4.79 Å². The van der Waals surface area contributed by atoms with E-state index in [9.17, 15) is 13.6 Å². The second-order valence-corrected chi connectivity index (χ2v) is 7.59. The molecule has 0 aliphatic carbocycles. The van der Waals surface area contributed by atoms with Gasteiger partial charge >= 0.3 is 0 Å². The fourth-order valence-electron chi connectivity index (χ4n) is 2.70. The number of amides is 1. The Labute approximate surface area is 171 Å². The van der Waals surface area contributed by atoms with Gasteiger partial charge in [0.25, 0.3) is 5.91 Å². The summed E-state index contributed by atoms with van der Waals surface area (Å²) in [7, 11) is 0. The summed E-state index contributed by atoms with van der Waals surface area (Å²) in [4.78, 5) is 18.1. The van der Waals surface area contributed by atoms with Gasteiger partial charge in [0.2, 0.25) is 0 Å². The topological polar surface area (TPSA) is 50.7 Å². The van der Waals surface area contributed by atoms with Crippen molar-refractivity contribution in [2.24, 2.45) is 5.16 Å². The van der Waals surface area contributed by atoms with Gasteiger partial charge in [0.1, 0.15) is 17.7 Å². The maximum atomic E-state index is 14.5. The van der Waals surface area contributed by atoms with Gasteiger partial charge in [-0.25, -0.2) is 8.78 Å². The largest absolute Gasteiger partial charge is 0.393 e. The molecule has 0 radical (unpaired) electrons. The summed E-state index contributed by atoms with van der Waals surface area (Å²) in [5.41, 5.74) is 1.86. The number of hydrogen-bond acceptors (Lipinski definition) is 4. The van der Waals surface area contributed by atoms with Crippen molar-refractivity contribution in [3.05, 3.63) is 75.5 Å². The maximum absolute atomic E-state index is 14.5. The van der Waals surface area contributed by atoms with Crippen LogP contribution in [0.25, 0.3) is 11.1 Å². The van der Waals surface area contributed by atoms with Crippen LogP contribution in [0.1, 0.15) is 34.6 Å². The average molecular weight is 414 g/mol. The molecule has 0 bridgehead atoms. The molecule has 3 aromatic rings. The van der Waals surface area contributed by atoms with Crippen LogP contribution < -0.4 is 5.32 Å². The molecular weight excluding hydrogens is 394 g/mol. The Balaban J connectivity index is 1.92. The first-order valence-corrected chi connectivity index (χ1v) is 9.88. The first-order valence-electron chi connectivity index (χ1n) is 9.00. The highest BCUT2D eigenvalue weighted by Gasteiger charge is 2.16. The summed E-state index contributed by atoms with van der Waals surface area (Å²) in [6, 6.07) is 11.2. The van der Waals surface area contributed by atoms with Gasteiger partial charge in [0.15, 0.2) is 0 Å². The number of nitrogens with zero attached hydrogens (tertiary/aromatic N) is 1. The van der Waals surface area contributed by atoms with Crippen LogP contribution in [0, 0.1) is 18.6 Å². The molecule has 1 heterocycles. The fraction of sp³-hybridized carbons (Fsp3) is 0.182. The van der Waals surface area contributed by atoms with Crippen molar-refractivity contribution in [3.8, 4) is 11.1 Å². The summed E-state index contributed by atoms with van der Waals surface area (Å²) >= 11 is 1.34. The van der Waals surface area contributed by atoms with E-state index < -0.39 is 11.6 Å². The van der Waals surface area contributed by atoms with Crippen LogP contribution in [0.15, 0.2) is 53.0 Å². The summed E-state index contributed by atoms with van der Waals surface area (Å²) in [6.45, 7) is 5.37. The Morgan fingerprint density at radius 3 is 2.48 bits per heavy atom. The lowest BCUT2D eigenvalue weighted by atomic mass is 10.0. The third-order valence-corrected chi connectivity index (χ3v) is 5.10. The molecule has 4 nitrogen and oxygen atoms in total. The number of nitrogens with one attached hydrogen (secondary N) is 1. The van der Waals surface area contributed by atoms with Gasteiger partial charge in [0.05, 0.1) is 16.7 Å². The highest BCUT2D eigenvalue weighted by Crippen LogP contribution is 2.31. The van der Waals surface area contributed by atoms with Crippen LogP contribution in [-0.2, 0) is 4.84 Å². The lowest BCUT2D eigenvalue weighted by Gasteiger charge is -2.12. The fourth-order valence-corrected chi connectivity index (χ4v) is 3.52. The molecule has 1 N–H and O–H groups in total. The van der Waals surface area contributed by atoms with E-state index in [0.29, 0.717) is 21.7 Å². The van der Waals surface area contributed by atoms with Crippen LogP contribution >= 0.6 is 11.3 Å². The van der Waals surface area contributed by atoms with Gasteiger partial charge in [-0.1, -0.05) is 23.4 Å². The van der Waals surface area contributed by atoms with E-state index in [1.54, 1.807) is 38.1 Å². The smallest absolute Gasteiger partial charge is 0.266 e. The molecule has 150 valence electrons. The minimum Gasteiger partial charge on any atom is -0.393 e. The second-order valence-electron chi connectivity index (χ2n) is 6.67. The second kappa shape index (κ2) is 8.96. The minimum atomic E-state index is -0.772. The highest BCUT2D eigenvalue weighted by molar-refractivity contribution is 7.12. The summed E-state index contributed by atoms with van der Waals surface area (Å²) in [5, 5.41) is 8.27. The molecule has 0 atom stereocenters. The van der Waals surface area contributed by atoms with Crippen molar-refractivity contribution >= 4 is 29.1 Å². The van der Waals surface area contributed by atoms with Crippen molar-refractivity contribution in [2.75, 3.05) is 5.32 Å². The SMILES string of the molecule is Cc1ccsc1C(=O)Nc1ccccc1-c1cc(F)c(/C=N/OC(C)C)c(F)c1. The molecule has 0 unspecified atom stereocenters. The number of carbonyl (C=O) groups is 1. The van der Waals surface area contributed by atoms with E-state index in [2.05, 4.69) is 10.5 Å². The number of aryl methyl sites for hydroxylation is 1. The van der Waals surface area contributed by atoms with Gasteiger partial charge in [-0.2, -0.15) is 0 Å². The van der Waals surface area contributed by atoms with E-state index in [1.807, 2.05) is 18.4 Å². The average Bonchev–Trinajstić information content (AvgIpc) is 3.10. The lowest BCUT2D eigenvalue weighted by Crippen LogP contribution is -2.12. The number of benzene rings is 2. The zero-order valence-electron chi connectivity index (χ0n) is 16.2. The number of rotatable bonds is 6. The summed E-state index contributed by atoms with van der Waals surface area (Å²) < 4.78 is 29.0. The normalized spacial score (nSPS) is 11.2. The quantitative estimate of drug-likeness (QED) is 0.396. The highest BCUT2D eigenvalue weighted by atomic mass is 32.1. The molecule has 0 saturated heterocycles. The number of hydrogen-bond donors (Lipinski definition) is 1. The van der Waals surface area contributed by atoms with Crippen molar-refractivity contribution in [1.82, 2.24) is 0 Å². The molecule has 0 fully saturated rings. The van der Waals surface area contributed by atoms with Crippen LogP contribution in [0.2, 0.25) is 0 Å². The van der Waals surface area contributed by atoms with Crippen LogP contribution in [0.4, 0.5) is 14.5 Å². The Bertz CT molecular complexity index is 1040. The van der Waals surface area contributed by atoms with Gasteiger partial charge in [0, 0.05) is 11.3 Å². The van der Waals surface area contributed by atoms with Crippen molar-refractivity contribution < 1.29 is 18.4 Å². The van der Waals surface area contributed by atoms with E-state index in [4.69, 9.17) is 4.84 Å². The van der Waals surface area contributed by atoms with Crippen LogP contribution in [0.3, 0.4) is 0 Å². The Hall–Kier alpha value is -3.06. The van der Waals surface area contributed by atoms with E-state index in [-0.39, 0.29) is 17.6 Å². The standard InChI is InChI=1S/C22H20F2N2O2S/c1-13(2)28-25-12-17-18(23)10-15(11-19(17)24)16-6-4-5-7-20(16)26-22(27)21-14(3)8-9-29-21/h4-13H,1-3H3,(H,26,27)/b25-12+. The molecule has 0 spiro atoms. The Kier molecular flexibility index (Phi) is 6.39. The first-order chi connectivity index (χ1) is 13.9. The van der Waals surface area contributed by atoms with Gasteiger partial charge in [-0.15, -0.1) is 11.3 Å². The number of anilines is 1. The molecule has 29 heavy (non-hydrogen) atoms. The van der Waals surface area contributed by atoms with Crippen molar-refractivity contribution in [2.45, 2.75) is 26.9 Å². The molecule has 2 aromatic carbocycles. The predicted octanol–water partition coefficient (Wildman–Crippen LogP) is 6.01. The lowest BCUT2D eigenvalue weighted by molar-refractivity contribution is 0.0872. The molecule has 7 heteroatoms. The zero-order valence-corrected chi connectivity index (χ0v) is 17.0. The van der Waals surface area contributed by atoms with E-state index >= 15 is 0 Å². The van der Waals surface area contributed by atoms with Crippen molar-refractivity contribution in [3.63, 3.8) is 0 Å². The first kappa shape index (κ1) is 20.7. The molecule has 3 rings (SSSR count). The van der Waals surface area contributed by atoms with Crippen LogP contribution in [-0.4, -0.2) is 18.2 Å². The van der Waals surface area contributed by atoms with Gasteiger partial charge < -0.3 is 10.2 Å². The molecule has 0 aliphatic rings. The van der Waals surface area contributed by atoms with Gasteiger partial charge in [-0.05, 0) is 61.5 Å². The molecule has 0 saturated carbocycles. The Morgan fingerprint density at radius 1 is 1.17 bits per heavy atom. The third-order valence-electron chi connectivity index (χ3n) is 4.09. The van der Waals surface area contributed by atoms with Crippen LogP contribution in [0.5, 0.6) is 0 Å². The number of halogens is 2. The molecule has 0 aliphatic heterocycles. The zero-order chi connectivity index (χ0) is 21.0. The number of carbonyl (C=O) groups excluding carboxylic acids is 1.